The third-order valence-corrected chi connectivity index (χ3v) is 7.27. The highest BCUT2D eigenvalue weighted by molar-refractivity contribution is 5.78. The predicted molar refractivity (Wildman–Crippen MR) is 129 cm³/mol. The first-order valence-corrected chi connectivity index (χ1v) is 13.5. The molecule has 2 saturated heterocycles. The van der Waals surface area contributed by atoms with Crippen molar-refractivity contribution in [1.29, 1.82) is 0 Å². The van der Waals surface area contributed by atoms with Gasteiger partial charge >= 0.3 is 0 Å². The quantitative estimate of drug-likeness (QED) is 0.349. The van der Waals surface area contributed by atoms with Crippen LogP contribution in [0, 0.1) is 5.92 Å². The van der Waals surface area contributed by atoms with Crippen LogP contribution in [-0.2, 0) is 4.79 Å². The van der Waals surface area contributed by atoms with Gasteiger partial charge in [-0.3, -0.25) is 9.69 Å². The van der Waals surface area contributed by atoms with Gasteiger partial charge in [0, 0.05) is 19.1 Å². The third kappa shape index (κ3) is 10.1. The van der Waals surface area contributed by atoms with E-state index in [0.717, 1.165) is 25.9 Å². The Labute approximate surface area is 187 Å². The topological polar surface area (TPSA) is 35.6 Å². The van der Waals surface area contributed by atoms with Gasteiger partial charge in [0.1, 0.15) is 0 Å². The average molecular weight is 422 g/mol. The van der Waals surface area contributed by atoms with Crippen molar-refractivity contribution in [3.05, 3.63) is 0 Å². The van der Waals surface area contributed by atoms with Gasteiger partial charge < -0.3 is 10.2 Å². The lowest BCUT2D eigenvalue weighted by molar-refractivity contribution is -0.127. The van der Waals surface area contributed by atoms with Crippen molar-refractivity contribution in [3.8, 4) is 0 Å². The van der Waals surface area contributed by atoms with E-state index in [-0.39, 0.29) is 5.92 Å². The van der Waals surface area contributed by atoms with Gasteiger partial charge in [-0.05, 0) is 64.7 Å². The molecular weight excluding hydrogens is 370 g/mol. The van der Waals surface area contributed by atoms with Crippen molar-refractivity contribution in [1.82, 2.24) is 15.1 Å². The monoisotopic (exact) mass is 421 g/mol. The predicted octanol–water partition coefficient (Wildman–Crippen LogP) is 5.61. The van der Waals surface area contributed by atoms with E-state index in [9.17, 15) is 4.79 Å². The van der Waals surface area contributed by atoms with Gasteiger partial charge in [-0.2, -0.15) is 0 Å². The number of carbonyl (C=O) groups is 1. The zero-order chi connectivity index (χ0) is 21.4. The minimum Gasteiger partial charge on any atom is -0.356 e. The second-order valence-electron chi connectivity index (χ2n) is 9.88. The molecule has 0 saturated carbocycles. The van der Waals surface area contributed by atoms with Gasteiger partial charge in [-0.25, -0.2) is 0 Å². The zero-order valence-electron chi connectivity index (χ0n) is 20.3. The SMILES string of the molecule is CCCCCCCCCCCCNC(=O)C1CCCN(C2CCN(CCC)CC2)C1. The molecule has 0 bridgehead atoms. The molecule has 0 aromatic heterocycles. The lowest BCUT2D eigenvalue weighted by Gasteiger charge is -2.42. The maximum Gasteiger partial charge on any atom is 0.224 e. The maximum absolute atomic E-state index is 12.7. The molecule has 2 rings (SSSR count). The molecule has 1 unspecified atom stereocenters. The Kier molecular flexibility index (Phi) is 13.8. The van der Waals surface area contributed by atoms with E-state index >= 15 is 0 Å². The second kappa shape index (κ2) is 16.1. The van der Waals surface area contributed by atoms with Crippen LogP contribution < -0.4 is 5.32 Å². The molecule has 0 aromatic rings. The maximum atomic E-state index is 12.7. The Morgan fingerprint density at radius 3 is 2.07 bits per heavy atom. The van der Waals surface area contributed by atoms with Crippen LogP contribution >= 0.6 is 0 Å². The van der Waals surface area contributed by atoms with Crippen molar-refractivity contribution in [3.63, 3.8) is 0 Å². The lowest BCUT2D eigenvalue weighted by atomic mass is 9.93. The summed E-state index contributed by atoms with van der Waals surface area (Å²) in [6.45, 7) is 11.3. The minimum atomic E-state index is 0.218. The number of unbranched alkanes of at least 4 members (excludes halogenated alkanes) is 9. The van der Waals surface area contributed by atoms with Gasteiger partial charge in [-0.1, -0.05) is 71.6 Å². The highest BCUT2D eigenvalue weighted by Gasteiger charge is 2.31. The first kappa shape index (κ1) is 25.6. The van der Waals surface area contributed by atoms with Gasteiger partial charge in [-0.15, -0.1) is 0 Å². The summed E-state index contributed by atoms with van der Waals surface area (Å²) in [5.74, 6) is 0.537. The summed E-state index contributed by atoms with van der Waals surface area (Å²) in [5.41, 5.74) is 0. The van der Waals surface area contributed by atoms with Gasteiger partial charge in [0.25, 0.3) is 0 Å². The van der Waals surface area contributed by atoms with Gasteiger partial charge in [0.2, 0.25) is 5.91 Å². The van der Waals surface area contributed by atoms with Crippen LogP contribution in [0.3, 0.4) is 0 Å². The second-order valence-corrected chi connectivity index (χ2v) is 9.88. The molecule has 2 heterocycles. The number of nitrogens with one attached hydrogen (secondary N) is 1. The molecule has 0 aliphatic carbocycles. The molecule has 2 aliphatic heterocycles. The van der Waals surface area contributed by atoms with Gasteiger partial charge in [0.15, 0.2) is 0 Å². The van der Waals surface area contributed by atoms with Crippen LogP contribution in [0.25, 0.3) is 0 Å². The van der Waals surface area contributed by atoms with Crippen LogP contribution in [0.15, 0.2) is 0 Å². The molecule has 176 valence electrons. The zero-order valence-corrected chi connectivity index (χ0v) is 20.3. The lowest BCUT2D eigenvalue weighted by Crippen LogP contribution is -2.50. The fourth-order valence-corrected chi connectivity index (χ4v) is 5.34. The van der Waals surface area contributed by atoms with Crippen molar-refractivity contribution in [2.75, 3.05) is 39.3 Å². The summed E-state index contributed by atoms with van der Waals surface area (Å²) >= 11 is 0. The Morgan fingerprint density at radius 1 is 0.800 bits per heavy atom. The third-order valence-electron chi connectivity index (χ3n) is 7.27. The molecule has 0 spiro atoms. The number of hydrogen-bond acceptors (Lipinski definition) is 3. The van der Waals surface area contributed by atoms with Crippen molar-refractivity contribution >= 4 is 5.91 Å². The van der Waals surface area contributed by atoms with Crippen LogP contribution in [0.2, 0.25) is 0 Å². The molecule has 2 fully saturated rings. The van der Waals surface area contributed by atoms with Gasteiger partial charge in [0.05, 0.1) is 5.92 Å². The number of amides is 1. The molecule has 4 heteroatoms. The molecule has 2 aliphatic rings. The normalized spacial score (nSPS) is 21.7. The van der Waals surface area contributed by atoms with Crippen molar-refractivity contribution < 1.29 is 4.79 Å². The van der Waals surface area contributed by atoms with Crippen LogP contribution in [0.1, 0.15) is 110 Å². The average Bonchev–Trinajstić information content (AvgIpc) is 2.78. The summed E-state index contributed by atoms with van der Waals surface area (Å²) in [7, 11) is 0. The van der Waals surface area contributed by atoms with E-state index in [2.05, 4.69) is 29.0 Å². The van der Waals surface area contributed by atoms with Crippen molar-refractivity contribution in [2.24, 2.45) is 5.92 Å². The Balaban J connectivity index is 1.50. The first-order chi connectivity index (χ1) is 14.7. The molecule has 4 nitrogen and oxygen atoms in total. The number of carbonyl (C=O) groups excluding carboxylic acids is 1. The number of piperidine rings is 2. The molecular formula is C26H51N3O. The van der Waals surface area contributed by atoms with Crippen molar-refractivity contribution in [2.45, 2.75) is 116 Å². The highest BCUT2D eigenvalue weighted by atomic mass is 16.1. The van der Waals surface area contributed by atoms with Crippen LogP contribution in [0.4, 0.5) is 0 Å². The summed E-state index contributed by atoms with van der Waals surface area (Å²) in [6.07, 6.45) is 19.6. The molecule has 30 heavy (non-hydrogen) atoms. The van der Waals surface area contributed by atoms with E-state index in [1.165, 1.54) is 110 Å². The minimum absolute atomic E-state index is 0.218. The highest BCUT2D eigenvalue weighted by Crippen LogP contribution is 2.24. The van der Waals surface area contributed by atoms with E-state index in [0.29, 0.717) is 11.9 Å². The van der Waals surface area contributed by atoms with E-state index in [1.807, 2.05) is 0 Å². The molecule has 0 radical (unpaired) electrons. The Hall–Kier alpha value is -0.610. The number of rotatable bonds is 15. The fourth-order valence-electron chi connectivity index (χ4n) is 5.34. The molecule has 1 amide bonds. The summed E-state index contributed by atoms with van der Waals surface area (Å²) in [4.78, 5) is 17.9. The molecule has 0 aromatic carbocycles. The van der Waals surface area contributed by atoms with Crippen LogP contribution in [0.5, 0.6) is 0 Å². The summed E-state index contributed by atoms with van der Waals surface area (Å²) in [5, 5.41) is 3.25. The largest absolute Gasteiger partial charge is 0.356 e. The van der Waals surface area contributed by atoms with E-state index in [4.69, 9.17) is 0 Å². The smallest absolute Gasteiger partial charge is 0.224 e. The standard InChI is InChI=1S/C26H51N3O/c1-3-5-6-7-8-9-10-11-12-13-18-27-26(30)24-15-14-20-29(23-24)25-16-21-28(19-4-2)22-17-25/h24-25H,3-23H2,1-2H3,(H,27,30). The number of hydrogen-bond donors (Lipinski definition) is 1. The molecule has 1 N–H and O–H groups in total. The first-order valence-electron chi connectivity index (χ1n) is 13.5. The summed E-state index contributed by atoms with van der Waals surface area (Å²) < 4.78 is 0. The Morgan fingerprint density at radius 2 is 1.43 bits per heavy atom. The number of likely N-dealkylation sites (tertiary alicyclic amines) is 2. The number of nitrogens with zero attached hydrogens (tertiary/aromatic N) is 2. The van der Waals surface area contributed by atoms with E-state index < -0.39 is 0 Å². The van der Waals surface area contributed by atoms with E-state index in [1.54, 1.807) is 0 Å². The summed E-state index contributed by atoms with van der Waals surface area (Å²) in [6, 6.07) is 0.704. The molecule has 1 atom stereocenters. The Bertz CT molecular complexity index is 434. The van der Waals surface area contributed by atoms with Crippen LogP contribution in [-0.4, -0.2) is 61.0 Å². The fraction of sp³-hybridized carbons (Fsp3) is 0.962.